The third kappa shape index (κ3) is 13.2. The minimum absolute atomic E-state index is 0. The lowest BCUT2D eigenvalue weighted by Crippen LogP contribution is -2.37. The van der Waals surface area contributed by atoms with Crippen molar-refractivity contribution in [3.05, 3.63) is 144 Å². The monoisotopic (exact) mass is 1140 g/mol. The van der Waals surface area contributed by atoms with E-state index in [1.165, 1.54) is 6.07 Å². The maximum atomic E-state index is 12.5. The Morgan fingerprint density at radius 3 is 1.20 bits per heavy atom. The number of oxazole rings is 3. The van der Waals surface area contributed by atoms with Crippen LogP contribution in [-0.4, -0.2) is 104 Å². The molecule has 0 atom stereocenters. The summed E-state index contributed by atoms with van der Waals surface area (Å²) in [4.78, 5) is 74.0. The minimum atomic E-state index is -0.981. The average Bonchev–Trinajstić information content (AvgIpc) is 3.35. The van der Waals surface area contributed by atoms with Crippen LogP contribution in [0.4, 0.5) is 40.7 Å². The Balaban J connectivity index is 0.000000151. The number of amides is 3. The number of anilines is 6. The number of nitrogens with two attached hydrogens (primary N) is 1. The molecule has 0 saturated carbocycles. The highest BCUT2D eigenvalue weighted by atomic mass is 35.5. The first-order valence-electron chi connectivity index (χ1n) is 25.7. The van der Waals surface area contributed by atoms with Crippen LogP contribution in [0.5, 0.6) is 0 Å². The van der Waals surface area contributed by atoms with Crippen LogP contribution in [0.15, 0.2) is 141 Å². The maximum Gasteiger partial charge on any atom is 0.407 e. The van der Waals surface area contributed by atoms with Crippen molar-refractivity contribution in [2.75, 3.05) is 42.1 Å². The van der Waals surface area contributed by atoms with Crippen LogP contribution in [0.25, 0.3) is 66.4 Å². The molecule has 26 heteroatoms. The fourth-order valence-corrected chi connectivity index (χ4v) is 8.46. The Bertz CT molecular complexity index is 4240. The van der Waals surface area contributed by atoms with Gasteiger partial charge in [-0.2, -0.15) is 15.0 Å². The summed E-state index contributed by atoms with van der Waals surface area (Å²) in [6.45, 7) is 6.72. The van der Waals surface area contributed by atoms with Gasteiger partial charge in [-0.15, -0.1) is 12.4 Å². The smallest absolute Gasteiger partial charge is 0.407 e. The molecular formula is C57H57ClN16O9. The second-order valence-electron chi connectivity index (χ2n) is 19.5. The molecule has 25 nitrogen and oxygen atoms in total. The zero-order valence-electron chi connectivity index (χ0n) is 45.7. The number of aromatic carboxylic acids is 1. The predicted octanol–water partition coefficient (Wildman–Crippen LogP) is 9.44. The number of carbonyl (C=O) groups excluding carboxylic acids is 3. The van der Waals surface area contributed by atoms with E-state index >= 15 is 0 Å². The van der Waals surface area contributed by atoms with Crippen LogP contribution in [0.1, 0.15) is 51.8 Å². The van der Waals surface area contributed by atoms with E-state index in [0.29, 0.717) is 93.4 Å². The van der Waals surface area contributed by atoms with Gasteiger partial charge in [0.15, 0.2) is 16.7 Å². The number of aromatic nitrogens is 9. The minimum Gasteiger partial charge on any atom is -0.478 e. The molecule has 0 radical (unpaired) electrons. The number of benzene rings is 6. The molecule has 0 spiro atoms. The molecule has 9 N–H and O–H groups in total. The van der Waals surface area contributed by atoms with Crippen LogP contribution in [0.3, 0.4) is 0 Å². The number of carboxylic acids is 1. The number of imidazole rings is 3. The van der Waals surface area contributed by atoms with E-state index in [-0.39, 0.29) is 42.9 Å². The van der Waals surface area contributed by atoms with Gasteiger partial charge in [-0.05, 0) is 112 Å². The zero-order valence-corrected chi connectivity index (χ0v) is 46.5. The lowest BCUT2D eigenvalue weighted by Gasteiger charge is -2.19. The quantitative estimate of drug-likeness (QED) is 0.0470. The zero-order chi connectivity index (χ0) is 57.7. The molecule has 0 aliphatic carbocycles. The molecule has 6 heterocycles. The highest BCUT2D eigenvalue weighted by Gasteiger charge is 2.19. The van der Waals surface area contributed by atoms with Gasteiger partial charge in [0.2, 0.25) is 17.8 Å². The van der Waals surface area contributed by atoms with E-state index in [1.54, 1.807) is 57.2 Å². The van der Waals surface area contributed by atoms with Gasteiger partial charge < -0.3 is 58.5 Å². The summed E-state index contributed by atoms with van der Waals surface area (Å²) < 4.78 is 27.7. The summed E-state index contributed by atoms with van der Waals surface area (Å²) in [5.41, 5.74) is 14.9. The summed E-state index contributed by atoms with van der Waals surface area (Å²) in [6.07, 6.45) is -0.523. The Kier molecular flexibility index (Phi) is 16.8. The highest BCUT2D eigenvalue weighted by Crippen LogP contribution is 2.28. The van der Waals surface area contributed by atoms with Crippen molar-refractivity contribution in [2.24, 2.45) is 26.9 Å². The molecule has 3 amide bonds. The first kappa shape index (κ1) is 57.2. The van der Waals surface area contributed by atoms with Gasteiger partial charge in [0.25, 0.3) is 11.8 Å². The SMILES string of the molecule is Cl.Cn1c(Nc2nc3ccccc3o2)nc2cc(C(=O)NCCN)ccc21.Cn1c(Nc2nc3ccccc3o2)nc2cc(C(=O)NCCNC(=O)OC(C)(C)C)ccc21.Cn1c(Nc2nc3ccccc3o2)nc2cc(C(=O)O)ccc21. The Labute approximate surface area is 478 Å². The summed E-state index contributed by atoms with van der Waals surface area (Å²) in [7, 11) is 5.58. The van der Waals surface area contributed by atoms with Gasteiger partial charge in [-0.25, -0.2) is 24.5 Å². The predicted molar refractivity (Wildman–Crippen MR) is 316 cm³/mol. The molecule has 0 fully saturated rings. The van der Waals surface area contributed by atoms with Crippen LogP contribution in [-0.2, 0) is 25.9 Å². The summed E-state index contributed by atoms with van der Waals surface area (Å²) >= 11 is 0. The number of nitrogens with zero attached hydrogens (tertiary/aromatic N) is 9. The first-order valence-corrected chi connectivity index (χ1v) is 25.7. The van der Waals surface area contributed by atoms with Crippen molar-refractivity contribution >= 4 is 139 Å². The number of alkyl carbamates (subject to hydrolysis) is 1. The molecule has 0 aliphatic heterocycles. The number of carbonyl (C=O) groups is 4. The molecule has 6 aromatic heterocycles. The summed E-state index contributed by atoms with van der Waals surface area (Å²) in [5, 5.41) is 26.4. The largest absolute Gasteiger partial charge is 0.478 e. The van der Waals surface area contributed by atoms with Gasteiger partial charge in [0, 0.05) is 58.4 Å². The number of rotatable bonds is 14. The van der Waals surface area contributed by atoms with Crippen molar-refractivity contribution in [3.63, 3.8) is 0 Å². The van der Waals surface area contributed by atoms with Crippen molar-refractivity contribution in [2.45, 2.75) is 26.4 Å². The number of hydrogen-bond donors (Lipinski definition) is 8. The van der Waals surface area contributed by atoms with E-state index in [4.69, 9.17) is 28.8 Å². The highest BCUT2D eigenvalue weighted by molar-refractivity contribution is 5.99. The molecule has 6 aromatic carbocycles. The van der Waals surface area contributed by atoms with Gasteiger partial charge in [-0.1, -0.05) is 36.4 Å². The maximum absolute atomic E-state index is 12.5. The fraction of sp³-hybridized carbons (Fsp3) is 0.193. The third-order valence-electron chi connectivity index (χ3n) is 12.5. The molecule has 12 aromatic rings. The van der Waals surface area contributed by atoms with Gasteiger partial charge in [0.1, 0.15) is 22.2 Å². The lowest BCUT2D eigenvalue weighted by molar-refractivity contribution is 0.0526. The number of nitrogens with one attached hydrogen (secondary N) is 6. The van der Waals surface area contributed by atoms with Gasteiger partial charge in [-0.3, -0.25) is 25.5 Å². The molecule has 0 unspecified atom stereocenters. The van der Waals surface area contributed by atoms with Crippen molar-refractivity contribution in [1.82, 2.24) is 59.6 Å². The van der Waals surface area contributed by atoms with Crippen LogP contribution in [0, 0.1) is 0 Å². The van der Waals surface area contributed by atoms with E-state index in [1.807, 2.05) is 120 Å². The standard InChI is InChI=1S/C23H26N6O4.C18H18N6O2.C16H12N4O3.ClH/c1-23(2,3)33-22(31)25-12-11-24-19(30)14-9-10-17-16(13-14)26-20(29(17)4)28-21-27-15-7-5-6-8-18(15)32-21;1-24-14-7-6-11(16(25)20-9-8-19)10-13(14)21-17(24)23-18-22-12-4-2-3-5-15(12)26-18;1-20-12-7-6-9(14(21)22)8-11(12)17-15(20)19-16-18-10-4-2-3-5-13(10)23-16;/h5-10,13H,11-12H2,1-4H3,(H,24,30)(H,25,31)(H,26,27,28);2-7,10H,8-9,19H2,1H3,(H,20,25)(H,21,22,23);2-8H,1H3,(H,21,22)(H,17,18,19);1H. The van der Waals surface area contributed by atoms with Gasteiger partial charge in [0.05, 0.1) is 38.7 Å². The second-order valence-corrected chi connectivity index (χ2v) is 19.5. The lowest BCUT2D eigenvalue weighted by atomic mass is 10.2. The van der Waals surface area contributed by atoms with Crippen molar-refractivity contribution in [1.29, 1.82) is 0 Å². The molecular weight excluding hydrogens is 1090 g/mol. The van der Waals surface area contributed by atoms with Crippen molar-refractivity contribution in [3.8, 4) is 0 Å². The number of para-hydroxylation sites is 6. The fourth-order valence-electron chi connectivity index (χ4n) is 8.46. The number of hydrogen-bond acceptors (Lipinski definition) is 18. The third-order valence-corrected chi connectivity index (χ3v) is 12.5. The second kappa shape index (κ2) is 24.5. The normalized spacial score (nSPS) is 11.2. The Morgan fingerprint density at radius 1 is 0.494 bits per heavy atom. The number of halogens is 1. The molecule has 426 valence electrons. The first-order chi connectivity index (χ1) is 39.5. The van der Waals surface area contributed by atoms with E-state index in [9.17, 15) is 19.2 Å². The number of carboxylic acid groups (broad SMARTS) is 1. The summed E-state index contributed by atoms with van der Waals surface area (Å²) in [6, 6.07) is 39.0. The van der Waals surface area contributed by atoms with E-state index in [0.717, 1.165) is 33.1 Å². The molecule has 83 heavy (non-hydrogen) atoms. The van der Waals surface area contributed by atoms with Crippen LogP contribution >= 0.6 is 12.4 Å². The Hall–Kier alpha value is -10.5. The van der Waals surface area contributed by atoms with Crippen molar-refractivity contribution < 1.29 is 42.3 Å². The topological polar surface area (TPSA) is 327 Å². The number of fused-ring (bicyclic) bond motifs is 6. The van der Waals surface area contributed by atoms with E-state index in [2.05, 4.69) is 61.8 Å². The van der Waals surface area contributed by atoms with Gasteiger partial charge >= 0.3 is 30.1 Å². The molecule has 12 rings (SSSR count). The molecule has 0 bridgehead atoms. The molecule has 0 saturated heterocycles. The Morgan fingerprint density at radius 2 is 0.843 bits per heavy atom. The van der Waals surface area contributed by atoms with E-state index < -0.39 is 17.7 Å². The number of aryl methyl sites for hydroxylation is 3. The summed E-state index contributed by atoms with van der Waals surface area (Å²) in [5.74, 6) is 0.223. The van der Waals surface area contributed by atoms with Crippen LogP contribution in [0.2, 0.25) is 0 Å². The number of ether oxygens (including phenoxy) is 1. The molecule has 0 aliphatic rings. The van der Waals surface area contributed by atoms with Crippen LogP contribution < -0.4 is 37.6 Å². The average molecular weight is 1150 g/mol.